The first-order valence-corrected chi connectivity index (χ1v) is 5.29. The Hall–Kier alpha value is -0.980. The van der Waals surface area contributed by atoms with Gasteiger partial charge in [-0.05, 0) is 12.1 Å². The summed E-state index contributed by atoms with van der Waals surface area (Å²) in [6.45, 7) is -0.184. The second-order valence-electron chi connectivity index (χ2n) is 2.51. The smallest absolute Gasteiger partial charge is 0.245 e. The topological polar surface area (TPSA) is 55.4 Å². The van der Waals surface area contributed by atoms with Crippen LogP contribution < -0.4 is 4.72 Å². The predicted octanol–water partition coefficient (Wildman–Crippen LogP) is 0.708. The van der Waals surface area contributed by atoms with E-state index in [9.17, 15) is 12.8 Å². The van der Waals surface area contributed by atoms with Crippen LogP contribution in [-0.2, 0) is 14.8 Å². The van der Waals surface area contributed by atoms with Crippen LogP contribution in [0.15, 0.2) is 29.2 Å². The maximum Gasteiger partial charge on any atom is 0.245 e. The van der Waals surface area contributed by atoms with E-state index in [4.69, 9.17) is 0 Å². The number of benzene rings is 1. The number of ether oxygens (including phenoxy) is 1. The number of nitrogens with one attached hydrogen (secondary N) is 1. The maximum absolute atomic E-state index is 13.1. The fourth-order valence-corrected chi connectivity index (χ4v) is 1.89. The standard InChI is InChI=1S/C8H10FNO3S/c1-13-6-10-14(11,12)8-5-3-2-4-7(8)9/h2-5,10H,6H2,1H3. The van der Waals surface area contributed by atoms with Crippen LogP contribution in [0.4, 0.5) is 4.39 Å². The van der Waals surface area contributed by atoms with Crippen molar-refractivity contribution in [2.75, 3.05) is 13.8 Å². The van der Waals surface area contributed by atoms with Crippen LogP contribution in [-0.4, -0.2) is 22.3 Å². The largest absolute Gasteiger partial charge is 0.369 e. The zero-order valence-electron chi connectivity index (χ0n) is 7.53. The molecule has 0 aliphatic heterocycles. The second kappa shape index (κ2) is 4.50. The highest BCUT2D eigenvalue weighted by atomic mass is 32.2. The molecule has 0 atom stereocenters. The minimum absolute atomic E-state index is 0.184. The minimum Gasteiger partial charge on any atom is -0.369 e. The van der Waals surface area contributed by atoms with Gasteiger partial charge >= 0.3 is 0 Å². The molecule has 1 aromatic rings. The van der Waals surface area contributed by atoms with E-state index in [0.29, 0.717) is 0 Å². The van der Waals surface area contributed by atoms with Crippen molar-refractivity contribution < 1.29 is 17.5 Å². The molecule has 0 aliphatic carbocycles. The van der Waals surface area contributed by atoms with Gasteiger partial charge in [-0.15, -0.1) is 0 Å². The highest BCUT2D eigenvalue weighted by Gasteiger charge is 2.17. The van der Waals surface area contributed by atoms with E-state index in [-0.39, 0.29) is 11.6 Å². The number of rotatable bonds is 4. The lowest BCUT2D eigenvalue weighted by Gasteiger charge is -2.05. The Labute approximate surface area is 81.8 Å². The molecule has 0 amide bonds. The lowest BCUT2D eigenvalue weighted by molar-refractivity contribution is 0.194. The molecular formula is C8H10FNO3S. The van der Waals surface area contributed by atoms with Gasteiger partial charge in [-0.25, -0.2) is 12.8 Å². The minimum atomic E-state index is -3.80. The van der Waals surface area contributed by atoms with Crippen LogP contribution in [0.25, 0.3) is 0 Å². The highest BCUT2D eigenvalue weighted by molar-refractivity contribution is 7.89. The van der Waals surface area contributed by atoms with Gasteiger partial charge in [0.15, 0.2) is 0 Å². The van der Waals surface area contributed by atoms with Crippen molar-refractivity contribution in [2.24, 2.45) is 0 Å². The molecule has 0 bridgehead atoms. The van der Waals surface area contributed by atoms with Gasteiger partial charge in [0.1, 0.15) is 17.4 Å². The van der Waals surface area contributed by atoms with E-state index >= 15 is 0 Å². The summed E-state index contributed by atoms with van der Waals surface area (Å²) in [5.41, 5.74) is 0. The quantitative estimate of drug-likeness (QED) is 0.759. The molecule has 0 saturated heterocycles. The Morgan fingerprint density at radius 2 is 2.07 bits per heavy atom. The van der Waals surface area contributed by atoms with Gasteiger partial charge in [0, 0.05) is 7.11 Å². The molecular weight excluding hydrogens is 209 g/mol. The summed E-state index contributed by atoms with van der Waals surface area (Å²) in [5.74, 6) is -0.781. The van der Waals surface area contributed by atoms with E-state index in [0.717, 1.165) is 6.07 Å². The number of methoxy groups -OCH3 is 1. The van der Waals surface area contributed by atoms with Crippen molar-refractivity contribution in [3.8, 4) is 0 Å². The highest BCUT2D eigenvalue weighted by Crippen LogP contribution is 2.12. The first kappa shape index (κ1) is 11.1. The molecule has 0 radical (unpaired) electrons. The molecule has 14 heavy (non-hydrogen) atoms. The molecule has 1 N–H and O–H groups in total. The monoisotopic (exact) mass is 219 g/mol. The lowest BCUT2D eigenvalue weighted by Crippen LogP contribution is -2.26. The molecule has 0 saturated carbocycles. The van der Waals surface area contributed by atoms with Crippen LogP contribution in [0.5, 0.6) is 0 Å². The SMILES string of the molecule is COCNS(=O)(=O)c1ccccc1F. The lowest BCUT2D eigenvalue weighted by atomic mass is 10.4. The Morgan fingerprint density at radius 3 is 2.64 bits per heavy atom. The van der Waals surface area contributed by atoms with Crippen LogP contribution >= 0.6 is 0 Å². The normalized spacial score (nSPS) is 11.6. The molecule has 0 aliphatic rings. The number of halogens is 1. The van der Waals surface area contributed by atoms with Crippen molar-refractivity contribution >= 4 is 10.0 Å². The number of hydrogen-bond donors (Lipinski definition) is 1. The summed E-state index contributed by atoms with van der Waals surface area (Å²) >= 11 is 0. The van der Waals surface area contributed by atoms with Crippen molar-refractivity contribution in [1.82, 2.24) is 4.72 Å². The summed E-state index contributed by atoms with van der Waals surface area (Å²) in [5, 5.41) is 0. The average molecular weight is 219 g/mol. The Bertz CT molecular complexity index is 405. The first-order chi connectivity index (χ1) is 6.58. The molecule has 4 nitrogen and oxygen atoms in total. The summed E-state index contributed by atoms with van der Waals surface area (Å²) in [7, 11) is -2.47. The maximum atomic E-state index is 13.1. The Morgan fingerprint density at radius 1 is 1.43 bits per heavy atom. The molecule has 6 heteroatoms. The van der Waals surface area contributed by atoms with Gasteiger partial charge in [-0.1, -0.05) is 12.1 Å². The van der Waals surface area contributed by atoms with E-state index in [2.05, 4.69) is 9.46 Å². The van der Waals surface area contributed by atoms with Gasteiger partial charge in [-0.3, -0.25) is 0 Å². The fourth-order valence-electron chi connectivity index (χ4n) is 0.877. The summed E-state index contributed by atoms with van der Waals surface area (Å²) in [4.78, 5) is -0.378. The third-order valence-electron chi connectivity index (χ3n) is 1.52. The van der Waals surface area contributed by atoms with Gasteiger partial charge in [0.2, 0.25) is 10.0 Å². The predicted molar refractivity (Wildman–Crippen MR) is 48.6 cm³/mol. The van der Waals surface area contributed by atoms with Gasteiger partial charge in [0.05, 0.1) is 0 Å². The Kier molecular flexibility index (Phi) is 3.56. The molecule has 0 unspecified atom stereocenters. The van der Waals surface area contributed by atoms with Crippen LogP contribution in [0, 0.1) is 5.82 Å². The molecule has 0 fully saturated rings. The van der Waals surface area contributed by atoms with Crippen molar-refractivity contribution in [3.63, 3.8) is 0 Å². The van der Waals surface area contributed by atoms with Gasteiger partial charge < -0.3 is 4.74 Å². The van der Waals surface area contributed by atoms with Gasteiger partial charge in [-0.2, -0.15) is 4.72 Å². The third kappa shape index (κ3) is 2.50. The van der Waals surface area contributed by atoms with Crippen molar-refractivity contribution in [1.29, 1.82) is 0 Å². The molecule has 78 valence electrons. The van der Waals surface area contributed by atoms with Crippen LogP contribution in [0.3, 0.4) is 0 Å². The molecule has 1 aromatic carbocycles. The van der Waals surface area contributed by atoms with E-state index in [1.807, 2.05) is 0 Å². The second-order valence-corrected chi connectivity index (χ2v) is 4.25. The average Bonchev–Trinajstić information content (AvgIpc) is 2.15. The van der Waals surface area contributed by atoms with Crippen molar-refractivity contribution in [2.45, 2.75) is 4.90 Å². The Balaban J connectivity index is 2.99. The summed E-state index contributed by atoms with van der Waals surface area (Å²) < 4.78 is 42.4. The fraction of sp³-hybridized carbons (Fsp3) is 0.250. The number of hydrogen-bond acceptors (Lipinski definition) is 3. The first-order valence-electron chi connectivity index (χ1n) is 3.81. The molecule has 1 rings (SSSR count). The van der Waals surface area contributed by atoms with Crippen LogP contribution in [0.2, 0.25) is 0 Å². The van der Waals surface area contributed by atoms with Gasteiger partial charge in [0.25, 0.3) is 0 Å². The summed E-state index contributed by atoms with van der Waals surface area (Å²) in [6.07, 6.45) is 0. The van der Waals surface area contributed by atoms with Crippen molar-refractivity contribution in [3.05, 3.63) is 30.1 Å². The summed E-state index contributed by atoms with van der Waals surface area (Å²) in [6, 6.07) is 5.14. The zero-order chi connectivity index (χ0) is 10.6. The van der Waals surface area contributed by atoms with Crippen LogP contribution in [0.1, 0.15) is 0 Å². The van der Waals surface area contributed by atoms with E-state index in [1.165, 1.54) is 25.3 Å². The molecule has 0 spiro atoms. The number of sulfonamides is 1. The zero-order valence-corrected chi connectivity index (χ0v) is 8.34. The third-order valence-corrected chi connectivity index (χ3v) is 2.93. The molecule has 0 heterocycles. The van der Waals surface area contributed by atoms with E-state index < -0.39 is 15.8 Å². The molecule has 0 aromatic heterocycles. The van der Waals surface area contributed by atoms with E-state index in [1.54, 1.807) is 0 Å².